The van der Waals surface area contributed by atoms with Gasteiger partial charge in [-0.05, 0) is 25.3 Å². The van der Waals surface area contributed by atoms with Gasteiger partial charge in [0.05, 0.1) is 7.11 Å². The van der Waals surface area contributed by atoms with E-state index in [2.05, 4.69) is 34.0 Å². The summed E-state index contributed by atoms with van der Waals surface area (Å²) in [5.41, 5.74) is 0. The molecule has 0 radical (unpaired) electrons. The van der Waals surface area contributed by atoms with Crippen molar-refractivity contribution in [3.05, 3.63) is 12.4 Å². The summed E-state index contributed by atoms with van der Waals surface area (Å²) in [7, 11) is 1.64. The van der Waals surface area contributed by atoms with E-state index in [1.165, 1.54) is 12.8 Å². The smallest absolute Gasteiger partial charge is 0.218 e. The molecule has 1 fully saturated rings. The van der Waals surface area contributed by atoms with Gasteiger partial charge in [0.25, 0.3) is 0 Å². The van der Waals surface area contributed by atoms with Crippen LogP contribution in [0.4, 0.5) is 5.82 Å². The van der Waals surface area contributed by atoms with E-state index < -0.39 is 0 Å². The molecule has 1 atom stereocenters. The van der Waals surface area contributed by atoms with Crippen LogP contribution in [0.25, 0.3) is 0 Å². The minimum Gasteiger partial charge on any atom is -0.481 e. The van der Waals surface area contributed by atoms with E-state index in [1.807, 2.05) is 6.07 Å². The molecule has 1 aliphatic rings. The predicted molar refractivity (Wildman–Crippen MR) is 76.7 cm³/mol. The van der Waals surface area contributed by atoms with Crippen LogP contribution in [-0.2, 0) is 0 Å². The first kappa shape index (κ1) is 14.1. The standard InChI is InChI=1S/C14H24N4O/c1-11(2)15-8-12-5-4-6-18(9-12)13-7-14(19-3)17-10-16-13/h7,10-12,15H,4-6,8-9H2,1-3H3. The summed E-state index contributed by atoms with van der Waals surface area (Å²) in [4.78, 5) is 10.7. The molecule has 0 bridgehead atoms. The molecule has 1 aliphatic heterocycles. The molecule has 1 aromatic heterocycles. The Balaban J connectivity index is 1.96. The molecule has 1 unspecified atom stereocenters. The normalized spacial score (nSPS) is 19.8. The average molecular weight is 264 g/mol. The van der Waals surface area contributed by atoms with Crippen LogP contribution in [0.2, 0.25) is 0 Å². The zero-order valence-corrected chi connectivity index (χ0v) is 12.1. The van der Waals surface area contributed by atoms with Crippen LogP contribution in [0, 0.1) is 5.92 Å². The van der Waals surface area contributed by atoms with Crippen LogP contribution >= 0.6 is 0 Å². The highest BCUT2D eigenvalue weighted by Crippen LogP contribution is 2.22. The fourth-order valence-corrected chi connectivity index (χ4v) is 2.46. The van der Waals surface area contributed by atoms with Crippen LogP contribution in [0.3, 0.4) is 0 Å². The van der Waals surface area contributed by atoms with Crippen LogP contribution in [0.15, 0.2) is 12.4 Å². The summed E-state index contributed by atoms with van der Waals surface area (Å²) >= 11 is 0. The van der Waals surface area contributed by atoms with Crippen LogP contribution < -0.4 is 15.0 Å². The third-order valence-corrected chi connectivity index (χ3v) is 3.49. The molecule has 1 saturated heterocycles. The highest BCUT2D eigenvalue weighted by molar-refractivity contribution is 5.41. The van der Waals surface area contributed by atoms with Crippen LogP contribution in [-0.4, -0.2) is 42.8 Å². The number of piperidine rings is 1. The SMILES string of the molecule is COc1cc(N2CCCC(CNC(C)C)C2)ncn1. The van der Waals surface area contributed by atoms with Crippen molar-refractivity contribution in [2.24, 2.45) is 5.92 Å². The van der Waals surface area contributed by atoms with E-state index in [0.29, 0.717) is 17.8 Å². The molecule has 1 aromatic rings. The van der Waals surface area contributed by atoms with Gasteiger partial charge in [0.1, 0.15) is 12.1 Å². The number of hydrogen-bond donors (Lipinski definition) is 1. The van der Waals surface area contributed by atoms with Gasteiger partial charge in [0.15, 0.2) is 0 Å². The van der Waals surface area contributed by atoms with E-state index >= 15 is 0 Å². The summed E-state index contributed by atoms with van der Waals surface area (Å²) in [6.07, 6.45) is 4.08. The minimum atomic E-state index is 0.550. The second-order valence-corrected chi connectivity index (χ2v) is 5.44. The molecule has 5 nitrogen and oxygen atoms in total. The van der Waals surface area contributed by atoms with Crippen molar-refractivity contribution in [3.8, 4) is 5.88 Å². The van der Waals surface area contributed by atoms with Crippen molar-refractivity contribution in [2.45, 2.75) is 32.7 Å². The maximum atomic E-state index is 5.16. The summed E-state index contributed by atoms with van der Waals surface area (Å²) in [5, 5.41) is 3.53. The predicted octanol–water partition coefficient (Wildman–Crippen LogP) is 1.70. The molecule has 0 aliphatic carbocycles. The van der Waals surface area contributed by atoms with Crippen molar-refractivity contribution >= 4 is 5.82 Å². The molecule has 5 heteroatoms. The van der Waals surface area contributed by atoms with E-state index in [4.69, 9.17) is 4.74 Å². The number of methoxy groups -OCH3 is 1. The van der Waals surface area contributed by atoms with Gasteiger partial charge < -0.3 is 15.0 Å². The number of anilines is 1. The molecule has 2 rings (SSSR count). The van der Waals surface area contributed by atoms with Crippen molar-refractivity contribution in [3.63, 3.8) is 0 Å². The summed E-state index contributed by atoms with van der Waals surface area (Å²) in [6, 6.07) is 2.47. The van der Waals surface area contributed by atoms with Gasteiger partial charge >= 0.3 is 0 Å². The van der Waals surface area contributed by atoms with E-state index in [0.717, 1.165) is 25.5 Å². The Morgan fingerprint density at radius 2 is 2.32 bits per heavy atom. The van der Waals surface area contributed by atoms with Crippen molar-refractivity contribution in [1.82, 2.24) is 15.3 Å². The molecule has 0 saturated carbocycles. The summed E-state index contributed by atoms with van der Waals surface area (Å²) in [5.74, 6) is 2.30. The second kappa shape index (κ2) is 6.70. The lowest BCUT2D eigenvalue weighted by Gasteiger charge is -2.34. The van der Waals surface area contributed by atoms with Crippen LogP contribution in [0.1, 0.15) is 26.7 Å². The van der Waals surface area contributed by atoms with E-state index in [9.17, 15) is 0 Å². The third kappa shape index (κ3) is 4.06. The first-order valence-electron chi connectivity index (χ1n) is 7.03. The van der Waals surface area contributed by atoms with Crippen molar-refractivity contribution in [1.29, 1.82) is 0 Å². The molecular weight excluding hydrogens is 240 g/mol. The van der Waals surface area contributed by atoms with Gasteiger partial charge in [0, 0.05) is 25.2 Å². The van der Waals surface area contributed by atoms with Gasteiger partial charge in [-0.15, -0.1) is 0 Å². The second-order valence-electron chi connectivity index (χ2n) is 5.44. The number of hydrogen-bond acceptors (Lipinski definition) is 5. The number of aromatic nitrogens is 2. The average Bonchev–Trinajstić information content (AvgIpc) is 2.45. The Morgan fingerprint density at radius 1 is 1.47 bits per heavy atom. The van der Waals surface area contributed by atoms with Crippen LogP contribution in [0.5, 0.6) is 5.88 Å². The van der Waals surface area contributed by atoms with Gasteiger partial charge in [0.2, 0.25) is 5.88 Å². The molecule has 1 N–H and O–H groups in total. The quantitative estimate of drug-likeness (QED) is 0.877. The lowest BCUT2D eigenvalue weighted by atomic mass is 9.98. The summed E-state index contributed by atoms with van der Waals surface area (Å²) < 4.78 is 5.16. The fraction of sp³-hybridized carbons (Fsp3) is 0.714. The topological polar surface area (TPSA) is 50.3 Å². The van der Waals surface area contributed by atoms with E-state index in [-0.39, 0.29) is 0 Å². The first-order chi connectivity index (χ1) is 9.19. The molecule has 106 valence electrons. The Morgan fingerprint density at radius 3 is 3.05 bits per heavy atom. The van der Waals surface area contributed by atoms with E-state index in [1.54, 1.807) is 13.4 Å². The molecule has 0 amide bonds. The summed E-state index contributed by atoms with van der Waals surface area (Å²) in [6.45, 7) is 7.58. The molecule has 2 heterocycles. The maximum absolute atomic E-state index is 5.16. The molecular formula is C14H24N4O. The monoisotopic (exact) mass is 264 g/mol. The largest absolute Gasteiger partial charge is 0.481 e. The van der Waals surface area contributed by atoms with Gasteiger partial charge in [-0.25, -0.2) is 9.97 Å². The Bertz CT molecular complexity index is 397. The maximum Gasteiger partial charge on any atom is 0.218 e. The van der Waals surface area contributed by atoms with Gasteiger partial charge in [-0.1, -0.05) is 13.8 Å². The highest BCUT2D eigenvalue weighted by atomic mass is 16.5. The zero-order chi connectivity index (χ0) is 13.7. The van der Waals surface area contributed by atoms with Gasteiger partial charge in [-0.2, -0.15) is 0 Å². The molecule has 0 spiro atoms. The number of ether oxygens (including phenoxy) is 1. The number of rotatable bonds is 5. The highest BCUT2D eigenvalue weighted by Gasteiger charge is 2.21. The van der Waals surface area contributed by atoms with Gasteiger partial charge in [-0.3, -0.25) is 0 Å². The lowest BCUT2D eigenvalue weighted by Crippen LogP contribution is -2.41. The Kier molecular flexibility index (Phi) is 4.96. The third-order valence-electron chi connectivity index (χ3n) is 3.49. The minimum absolute atomic E-state index is 0.550. The van der Waals surface area contributed by atoms with Crippen molar-refractivity contribution < 1.29 is 4.74 Å². The number of nitrogens with zero attached hydrogens (tertiary/aromatic N) is 3. The number of nitrogens with one attached hydrogen (secondary N) is 1. The van der Waals surface area contributed by atoms with Crippen molar-refractivity contribution in [2.75, 3.05) is 31.6 Å². The fourth-order valence-electron chi connectivity index (χ4n) is 2.46. The lowest BCUT2D eigenvalue weighted by molar-refractivity contribution is 0.375. The molecule has 0 aromatic carbocycles. The first-order valence-corrected chi connectivity index (χ1v) is 7.03. The Hall–Kier alpha value is -1.36. The zero-order valence-electron chi connectivity index (χ0n) is 12.1. The Labute approximate surface area is 115 Å². The molecule has 19 heavy (non-hydrogen) atoms.